The minimum absolute atomic E-state index is 0.0943. The van der Waals surface area contributed by atoms with Gasteiger partial charge in [0.1, 0.15) is 5.82 Å². The number of nitrogens with zero attached hydrogens (tertiary/aromatic N) is 4. The summed E-state index contributed by atoms with van der Waals surface area (Å²) in [6.07, 6.45) is 0. The van der Waals surface area contributed by atoms with E-state index < -0.39 is 0 Å². The summed E-state index contributed by atoms with van der Waals surface area (Å²) in [6, 6.07) is 18.4. The Labute approximate surface area is 200 Å². The first kappa shape index (κ1) is 22.4. The first-order valence-electron chi connectivity index (χ1n) is 11.1. The van der Waals surface area contributed by atoms with E-state index in [0.717, 1.165) is 5.56 Å². The lowest BCUT2D eigenvalue weighted by Crippen LogP contribution is -2.35. The van der Waals surface area contributed by atoms with Crippen molar-refractivity contribution in [3.63, 3.8) is 0 Å². The Bertz CT molecular complexity index is 1580. The largest absolute Gasteiger partial charge is 0.383 e. The van der Waals surface area contributed by atoms with E-state index in [0.29, 0.717) is 52.2 Å². The number of rotatable bonds is 7. The van der Waals surface area contributed by atoms with E-state index in [9.17, 15) is 9.59 Å². The van der Waals surface area contributed by atoms with Crippen molar-refractivity contribution >= 4 is 27.9 Å². The van der Waals surface area contributed by atoms with Crippen LogP contribution in [0.3, 0.4) is 0 Å². The summed E-state index contributed by atoms with van der Waals surface area (Å²) in [4.78, 5) is 40.0. The third kappa shape index (κ3) is 4.41. The topological polar surface area (TPSA) is 114 Å². The molecule has 0 fully saturated rings. The van der Waals surface area contributed by atoms with Crippen molar-refractivity contribution in [2.24, 2.45) is 0 Å². The van der Waals surface area contributed by atoms with E-state index in [1.807, 2.05) is 36.4 Å². The second-order valence-corrected chi connectivity index (χ2v) is 8.12. The number of ether oxygens (including phenoxy) is 1. The van der Waals surface area contributed by atoms with Gasteiger partial charge in [0.15, 0.2) is 0 Å². The van der Waals surface area contributed by atoms with Crippen molar-refractivity contribution in [2.75, 3.05) is 20.3 Å². The minimum Gasteiger partial charge on any atom is -0.383 e. The number of carbonyl (C=O) groups excluding carboxylic acids is 1. The summed E-state index contributed by atoms with van der Waals surface area (Å²) in [7, 11) is 1.57. The number of aromatic amines is 1. The van der Waals surface area contributed by atoms with Crippen LogP contribution in [0.2, 0.25) is 0 Å². The fraction of sp³-hybridized carbons (Fsp3) is 0.192. The van der Waals surface area contributed by atoms with Crippen LogP contribution >= 0.6 is 0 Å². The third-order valence-electron chi connectivity index (χ3n) is 5.77. The van der Waals surface area contributed by atoms with Crippen LogP contribution in [0.25, 0.3) is 33.3 Å². The van der Waals surface area contributed by atoms with Gasteiger partial charge in [-0.15, -0.1) is 0 Å². The molecule has 5 aromatic rings. The van der Waals surface area contributed by atoms with Gasteiger partial charge in [-0.2, -0.15) is 0 Å². The molecule has 3 heterocycles. The molecule has 0 bridgehead atoms. The molecule has 0 unspecified atom stereocenters. The number of pyridine rings is 1. The van der Waals surface area contributed by atoms with Gasteiger partial charge in [0.25, 0.3) is 17.2 Å². The third-order valence-corrected chi connectivity index (χ3v) is 5.77. The summed E-state index contributed by atoms with van der Waals surface area (Å²) in [5.74, 6) is 0.113. The van der Waals surface area contributed by atoms with Crippen LogP contribution in [-0.4, -0.2) is 51.2 Å². The number of fused-ring (bicyclic) bond motifs is 2. The zero-order valence-electron chi connectivity index (χ0n) is 19.3. The van der Waals surface area contributed by atoms with E-state index in [1.54, 1.807) is 43.2 Å². The van der Waals surface area contributed by atoms with E-state index in [1.165, 1.54) is 0 Å². The Morgan fingerprint density at radius 1 is 1.09 bits per heavy atom. The van der Waals surface area contributed by atoms with Crippen LogP contribution in [0.1, 0.15) is 21.9 Å². The molecule has 0 aliphatic carbocycles. The number of nitrogens with one attached hydrogen (secondary N) is 1. The molecule has 1 amide bonds. The molecule has 0 aliphatic rings. The monoisotopic (exact) mass is 469 g/mol. The van der Waals surface area contributed by atoms with Crippen LogP contribution < -0.4 is 5.56 Å². The molecule has 0 spiro atoms. The van der Waals surface area contributed by atoms with Gasteiger partial charge in [-0.1, -0.05) is 47.6 Å². The van der Waals surface area contributed by atoms with Crippen molar-refractivity contribution in [2.45, 2.75) is 13.5 Å². The maximum atomic E-state index is 13.9. The Kier molecular flexibility index (Phi) is 6.07. The number of para-hydroxylation sites is 1. The van der Waals surface area contributed by atoms with Crippen LogP contribution in [0.5, 0.6) is 0 Å². The average molecular weight is 470 g/mol. The van der Waals surface area contributed by atoms with E-state index in [4.69, 9.17) is 9.26 Å². The maximum absolute atomic E-state index is 13.9. The highest BCUT2D eigenvalue weighted by Gasteiger charge is 2.24. The zero-order valence-corrected chi connectivity index (χ0v) is 19.3. The van der Waals surface area contributed by atoms with Gasteiger partial charge in [-0.05, 0) is 25.1 Å². The Hall–Kier alpha value is -4.37. The molecule has 5 rings (SSSR count). The normalized spacial score (nSPS) is 11.3. The van der Waals surface area contributed by atoms with Gasteiger partial charge in [0.05, 0.1) is 46.4 Å². The number of hydrogen-bond acceptors (Lipinski definition) is 7. The minimum atomic E-state index is -0.270. The lowest BCUT2D eigenvalue weighted by atomic mass is 10.0. The highest BCUT2D eigenvalue weighted by atomic mass is 16.5. The van der Waals surface area contributed by atoms with Gasteiger partial charge >= 0.3 is 0 Å². The Morgan fingerprint density at radius 2 is 1.86 bits per heavy atom. The molecular formula is C26H23N5O4. The van der Waals surface area contributed by atoms with Crippen LogP contribution in [0.15, 0.2) is 70.0 Å². The molecule has 176 valence electrons. The first-order valence-corrected chi connectivity index (χ1v) is 11.1. The number of aryl methyl sites for hydroxylation is 1. The zero-order chi connectivity index (χ0) is 24.4. The van der Waals surface area contributed by atoms with Crippen molar-refractivity contribution in [3.8, 4) is 11.3 Å². The second kappa shape index (κ2) is 9.47. The number of aromatic nitrogens is 4. The summed E-state index contributed by atoms with van der Waals surface area (Å²) in [6.45, 7) is 2.47. The summed E-state index contributed by atoms with van der Waals surface area (Å²) in [5.41, 5.74) is 3.03. The highest BCUT2D eigenvalue weighted by Crippen LogP contribution is 2.28. The molecule has 0 aliphatic heterocycles. The van der Waals surface area contributed by atoms with Gasteiger partial charge < -0.3 is 19.1 Å². The van der Waals surface area contributed by atoms with E-state index in [2.05, 4.69) is 20.1 Å². The summed E-state index contributed by atoms with van der Waals surface area (Å²) >= 11 is 0. The van der Waals surface area contributed by atoms with Gasteiger partial charge in [0.2, 0.25) is 0 Å². The average Bonchev–Trinajstić information content (AvgIpc) is 3.26. The molecular weight excluding hydrogens is 446 g/mol. The Morgan fingerprint density at radius 3 is 2.66 bits per heavy atom. The predicted octanol–water partition coefficient (Wildman–Crippen LogP) is 3.72. The summed E-state index contributed by atoms with van der Waals surface area (Å²) < 4.78 is 10.7. The van der Waals surface area contributed by atoms with Crippen molar-refractivity contribution in [1.29, 1.82) is 0 Å². The molecule has 35 heavy (non-hydrogen) atoms. The molecule has 3 aromatic heterocycles. The smallest absolute Gasteiger partial charge is 0.259 e. The molecule has 1 N–H and O–H groups in total. The predicted molar refractivity (Wildman–Crippen MR) is 131 cm³/mol. The van der Waals surface area contributed by atoms with Crippen LogP contribution in [0.4, 0.5) is 0 Å². The number of amides is 1. The van der Waals surface area contributed by atoms with Crippen LogP contribution in [-0.2, 0) is 11.3 Å². The van der Waals surface area contributed by atoms with Crippen molar-refractivity contribution < 1.29 is 14.1 Å². The SMILES string of the molecule is COCCN(Cc1nc2ccccc2c(=O)[nH]1)C(=O)c1cc(-c2ccccc2)nc2onc(C)c12. The molecule has 9 heteroatoms. The number of carbonyl (C=O) groups is 1. The molecule has 0 atom stereocenters. The van der Waals surface area contributed by atoms with E-state index >= 15 is 0 Å². The van der Waals surface area contributed by atoms with Crippen molar-refractivity contribution in [1.82, 2.24) is 25.0 Å². The second-order valence-electron chi connectivity index (χ2n) is 8.12. The first-order chi connectivity index (χ1) is 17.0. The van der Waals surface area contributed by atoms with Gasteiger partial charge in [-0.3, -0.25) is 9.59 Å². The molecule has 0 saturated carbocycles. The van der Waals surface area contributed by atoms with Gasteiger partial charge in [-0.25, -0.2) is 9.97 Å². The maximum Gasteiger partial charge on any atom is 0.259 e. The van der Waals surface area contributed by atoms with E-state index in [-0.39, 0.29) is 23.7 Å². The van der Waals surface area contributed by atoms with Gasteiger partial charge in [0, 0.05) is 19.2 Å². The standard InChI is InChI=1S/C26H23N5O4/c1-16-23-19(14-21(28-25(23)35-30-16)17-8-4-3-5-9-17)26(33)31(12-13-34-2)15-22-27-20-11-7-6-10-18(20)24(32)29-22/h3-11,14H,12-13,15H2,1-2H3,(H,27,29,32). The van der Waals surface area contributed by atoms with Crippen molar-refractivity contribution in [3.05, 3.63) is 88.1 Å². The molecule has 0 saturated heterocycles. The molecule has 2 aromatic carbocycles. The lowest BCUT2D eigenvalue weighted by molar-refractivity contribution is 0.0677. The Balaban J connectivity index is 1.58. The molecule has 0 radical (unpaired) electrons. The quantitative estimate of drug-likeness (QED) is 0.386. The number of H-pyrrole nitrogens is 1. The number of hydrogen-bond donors (Lipinski definition) is 1. The fourth-order valence-corrected chi connectivity index (χ4v) is 4.03. The molecule has 9 nitrogen and oxygen atoms in total. The fourth-order valence-electron chi connectivity index (χ4n) is 4.03. The lowest BCUT2D eigenvalue weighted by Gasteiger charge is -2.22. The van der Waals surface area contributed by atoms with Crippen LogP contribution in [0, 0.1) is 6.92 Å². The summed E-state index contributed by atoms with van der Waals surface area (Å²) in [5, 5.41) is 5.08. The number of methoxy groups -OCH3 is 1. The highest BCUT2D eigenvalue weighted by molar-refractivity contribution is 6.07. The number of benzene rings is 2.